The Morgan fingerprint density at radius 3 is 2.31 bits per heavy atom. The maximum absolute atomic E-state index is 10.6. The van der Waals surface area contributed by atoms with Gasteiger partial charge in [0.15, 0.2) is 0 Å². The summed E-state index contributed by atoms with van der Waals surface area (Å²) < 4.78 is 37.0. The summed E-state index contributed by atoms with van der Waals surface area (Å²) in [6.45, 7) is 1.79. The first-order valence-electron chi connectivity index (χ1n) is 8.32. The van der Waals surface area contributed by atoms with Crippen molar-refractivity contribution < 1.29 is 47.4 Å². The third-order valence-corrected chi connectivity index (χ3v) is 6.27. The molecular weight excluding hydrogens is 369 g/mol. The van der Waals surface area contributed by atoms with Crippen LogP contribution in [-0.2, 0) is 32.5 Å². The van der Waals surface area contributed by atoms with Gasteiger partial charge in [0.1, 0.15) is 0 Å². The number of hydrogen-bond donors (Lipinski definition) is 3. The van der Waals surface area contributed by atoms with Crippen LogP contribution in [0.15, 0.2) is 0 Å². The van der Waals surface area contributed by atoms with Crippen LogP contribution < -0.4 is 0 Å². The van der Waals surface area contributed by atoms with Gasteiger partial charge < -0.3 is 0 Å². The van der Waals surface area contributed by atoms with Crippen LogP contribution in [0.3, 0.4) is 0 Å². The van der Waals surface area contributed by atoms with Crippen LogP contribution in [0.25, 0.3) is 0 Å². The molecule has 0 bridgehead atoms. The van der Waals surface area contributed by atoms with Crippen molar-refractivity contribution in [2.24, 2.45) is 0 Å². The Kier molecular flexibility index (Phi) is 6.05. The van der Waals surface area contributed by atoms with Crippen LogP contribution >= 0.6 is 7.74 Å². The third kappa shape index (κ3) is 3.97. The monoisotopic (exact) mass is 392 g/mol. The minimum absolute atomic E-state index is 0.129. The molecule has 3 N–H and O–H groups in total. The predicted molar refractivity (Wildman–Crippen MR) is 89.2 cm³/mol. The number of rotatable bonds is 7. The summed E-state index contributed by atoms with van der Waals surface area (Å²) in [4.78, 5) is 21.1. The van der Waals surface area contributed by atoms with E-state index in [1.807, 2.05) is 0 Å². The average molecular weight is 392 g/mol. The van der Waals surface area contributed by atoms with Gasteiger partial charge in [-0.05, 0) is 0 Å². The predicted octanol–water partition coefficient (Wildman–Crippen LogP) is -1.90. The Bertz CT molecular complexity index is 513. The van der Waals surface area contributed by atoms with Crippen molar-refractivity contribution >= 4 is 23.4 Å². The number of ether oxygens (including phenoxy) is 4. The summed E-state index contributed by atoms with van der Waals surface area (Å²) >= 11 is 0. The van der Waals surface area contributed by atoms with Gasteiger partial charge in [-0.2, -0.15) is 0 Å². The molecule has 0 aliphatic carbocycles. The molecule has 4 radical (unpaired) electrons. The quantitative estimate of drug-likeness (QED) is 0.334. The van der Waals surface area contributed by atoms with Crippen LogP contribution in [0.5, 0.6) is 0 Å². The van der Waals surface area contributed by atoms with Crippen molar-refractivity contribution in [2.75, 3.05) is 26.9 Å². The van der Waals surface area contributed by atoms with Crippen molar-refractivity contribution in [2.45, 2.75) is 55.6 Å². The summed E-state index contributed by atoms with van der Waals surface area (Å²) in [5, 5.41) is 9.98. The van der Waals surface area contributed by atoms with Crippen LogP contribution in [0.2, 0.25) is 0 Å². The van der Waals surface area contributed by atoms with Crippen molar-refractivity contribution in [3.8, 4) is 0 Å². The zero-order valence-electron chi connectivity index (χ0n) is 14.5. The Balaban J connectivity index is 1.65. The average Bonchev–Trinajstić information content (AvgIpc) is 3.12. The molecule has 0 saturated carbocycles. The Morgan fingerprint density at radius 1 is 1.00 bits per heavy atom. The van der Waals surface area contributed by atoms with Crippen molar-refractivity contribution in [1.82, 2.24) is 0 Å². The fourth-order valence-electron chi connectivity index (χ4n) is 3.30. The fraction of sp³-hybridized carbons (Fsp3) is 1.00. The summed E-state index contributed by atoms with van der Waals surface area (Å²) in [7, 11) is 7.50. The molecule has 10 nitrogen and oxygen atoms in total. The molecule has 0 spiro atoms. The molecule has 2 unspecified atom stereocenters. The number of hydrogen-bond acceptors (Lipinski definition) is 10. The summed E-state index contributed by atoms with van der Waals surface area (Å²) in [6, 6.07) is -1.91. The third-order valence-electron chi connectivity index (χ3n) is 4.47. The SMILES string of the molecule is [B][C@@H]1O[C@H](COP2(O)(O)OC3[C@H]([B])O[C@H](COC)[C@@H]3O2)[C@H](OCC)C1O. The molecule has 3 saturated heterocycles. The van der Waals surface area contributed by atoms with Gasteiger partial charge in [0, 0.05) is 0 Å². The molecule has 0 aromatic rings. The second-order valence-electron chi connectivity index (χ2n) is 6.38. The van der Waals surface area contributed by atoms with Crippen molar-refractivity contribution in [1.29, 1.82) is 0 Å². The Morgan fingerprint density at radius 2 is 1.65 bits per heavy atom. The van der Waals surface area contributed by atoms with Gasteiger partial charge in [-0.15, -0.1) is 0 Å². The van der Waals surface area contributed by atoms with Crippen LogP contribution in [-0.4, -0.2) is 106 Å². The molecule has 0 amide bonds. The molecule has 3 heterocycles. The van der Waals surface area contributed by atoms with Gasteiger partial charge in [0.25, 0.3) is 0 Å². The molecule has 26 heavy (non-hydrogen) atoms. The van der Waals surface area contributed by atoms with Gasteiger partial charge in [-0.1, -0.05) is 0 Å². The van der Waals surface area contributed by atoms with E-state index in [1.54, 1.807) is 6.92 Å². The molecule has 0 aromatic heterocycles. The molecule has 8 atom stereocenters. The van der Waals surface area contributed by atoms with E-state index in [-0.39, 0.29) is 13.2 Å². The molecule has 146 valence electrons. The van der Waals surface area contributed by atoms with Gasteiger partial charge in [0.05, 0.1) is 0 Å². The summed E-state index contributed by atoms with van der Waals surface area (Å²) in [6.07, 6.45) is -5.14. The molecule has 3 rings (SSSR count). The molecule has 3 fully saturated rings. The molecular formula is C13H23B2O10P. The fourth-order valence-corrected chi connectivity index (χ4v) is 5.21. The first-order valence-corrected chi connectivity index (χ1v) is 10.2. The number of aliphatic hydroxyl groups is 1. The Hall–Kier alpha value is 0.160. The van der Waals surface area contributed by atoms with Gasteiger partial charge in [0.2, 0.25) is 0 Å². The van der Waals surface area contributed by atoms with E-state index in [2.05, 4.69) is 0 Å². The van der Waals surface area contributed by atoms with E-state index >= 15 is 0 Å². The van der Waals surface area contributed by atoms with E-state index in [0.29, 0.717) is 6.61 Å². The number of aliphatic hydroxyl groups excluding tert-OH is 1. The van der Waals surface area contributed by atoms with Crippen LogP contribution in [0.4, 0.5) is 0 Å². The second-order valence-corrected chi connectivity index (χ2v) is 8.67. The van der Waals surface area contributed by atoms with Crippen LogP contribution in [0.1, 0.15) is 6.92 Å². The molecule has 13 heteroatoms. The zero-order valence-corrected chi connectivity index (χ0v) is 15.4. The second kappa shape index (κ2) is 7.53. The summed E-state index contributed by atoms with van der Waals surface area (Å²) in [5.41, 5.74) is 0. The summed E-state index contributed by atoms with van der Waals surface area (Å²) in [5.74, 6) is 0. The van der Waals surface area contributed by atoms with Crippen molar-refractivity contribution in [3.05, 3.63) is 0 Å². The van der Waals surface area contributed by atoms with Gasteiger partial charge in [-0.25, -0.2) is 0 Å². The molecule has 0 aromatic carbocycles. The number of methoxy groups -OCH3 is 1. The number of fused-ring (bicyclic) bond motifs is 1. The topological polar surface area (TPSA) is 125 Å². The van der Waals surface area contributed by atoms with E-state index in [0.717, 1.165) is 0 Å². The first kappa shape index (κ1) is 20.9. The van der Waals surface area contributed by atoms with Gasteiger partial charge >= 0.3 is 153 Å². The van der Waals surface area contributed by atoms with Gasteiger partial charge in [-0.3, -0.25) is 0 Å². The zero-order chi connectivity index (χ0) is 19.1. The van der Waals surface area contributed by atoms with E-state index in [1.165, 1.54) is 7.11 Å². The standard InChI is InChI=1S/C13H23B2O10P/c1-3-20-9-7(22-12(14)8(9)16)5-21-26(17,18)24-10-6(4-19-2)23-13(15)11(10)25-26/h6-13,16-18H,3-5H2,1-2H3/t6-,7-,8?,9+,10+,11?,12-,13-/m1/s1. The minimum atomic E-state index is -5.42. The van der Waals surface area contributed by atoms with E-state index in [9.17, 15) is 14.9 Å². The van der Waals surface area contributed by atoms with E-state index in [4.69, 9.17) is 48.2 Å². The van der Waals surface area contributed by atoms with E-state index < -0.39 is 56.4 Å². The van der Waals surface area contributed by atoms with Crippen molar-refractivity contribution in [3.63, 3.8) is 0 Å². The molecule has 3 aliphatic heterocycles. The molecule has 3 aliphatic rings. The van der Waals surface area contributed by atoms with Crippen LogP contribution in [0, 0.1) is 0 Å². The maximum atomic E-state index is 10.6. The first-order chi connectivity index (χ1) is 12.2. The Labute approximate surface area is 154 Å². The normalized spacial score (nSPS) is 48.1.